The molecule has 0 radical (unpaired) electrons. The quantitative estimate of drug-likeness (QED) is 0.453. The molecule has 0 fully saturated rings. The van der Waals surface area contributed by atoms with Gasteiger partial charge in [0.1, 0.15) is 0 Å². The molecule has 0 saturated carbocycles. The number of H-pyrrole nitrogens is 1. The average Bonchev–Trinajstić information content (AvgIpc) is 2.51. The lowest BCUT2D eigenvalue weighted by Crippen LogP contribution is -2.38. The van der Waals surface area contributed by atoms with Crippen molar-refractivity contribution in [2.75, 3.05) is 12.3 Å². The minimum atomic E-state index is -0.359. The number of hydrogen-bond acceptors (Lipinski definition) is 5. The Bertz CT molecular complexity index is 295. The highest BCUT2D eigenvalue weighted by Crippen LogP contribution is 1.92. The molecular formula is C6H12N6O. The van der Waals surface area contributed by atoms with Crippen molar-refractivity contribution in [2.24, 2.45) is 5.73 Å². The number of hydrogen-bond donors (Lipinski definition) is 4. The lowest BCUT2D eigenvalue weighted by atomic mass is 10.3. The molecule has 0 aliphatic heterocycles. The second-order valence-corrected chi connectivity index (χ2v) is 2.65. The van der Waals surface area contributed by atoms with E-state index in [-0.39, 0.29) is 23.7 Å². The molecule has 6 N–H and O–H groups in total. The third kappa shape index (κ3) is 2.41. The molecule has 0 aliphatic rings. The molecule has 1 aromatic heterocycles. The van der Waals surface area contributed by atoms with Gasteiger partial charge >= 0.3 is 0 Å². The minimum absolute atomic E-state index is 0.0468. The van der Waals surface area contributed by atoms with Gasteiger partial charge < -0.3 is 16.8 Å². The van der Waals surface area contributed by atoms with E-state index in [4.69, 9.17) is 11.5 Å². The summed E-state index contributed by atoms with van der Waals surface area (Å²) in [4.78, 5) is 14.9. The first kappa shape index (κ1) is 9.46. The van der Waals surface area contributed by atoms with Crippen LogP contribution in [0.2, 0.25) is 0 Å². The van der Waals surface area contributed by atoms with Crippen molar-refractivity contribution in [3.05, 3.63) is 5.82 Å². The first-order valence-electron chi connectivity index (χ1n) is 3.82. The summed E-state index contributed by atoms with van der Waals surface area (Å²) in [5, 5.41) is 8.52. The first-order valence-corrected chi connectivity index (χ1v) is 3.82. The Kier molecular flexibility index (Phi) is 2.80. The topological polar surface area (TPSA) is 123 Å². The second kappa shape index (κ2) is 3.85. The molecule has 0 aliphatic carbocycles. The Hall–Kier alpha value is -1.63. The summed E-state index contributed by atoms with van der Waals surface area (Å²) < 4.78 is 0. The fourth-order valence-electron chi connectivity index (χ4n) is 0.727. The van der Waals surface area contributed by atoms with Crippen LogP contribution in [0.4, 0.5) is 5.95 Å². The summed E-state index contributed by atoms with van der Waals surface area (Å²) in [6.45, 7) is 2.16. The Morgan fingerprint density at radius 2 is 2.46 bits per heavy atom. The number of anilines is 1. The van der Waals surface area contributed by atoms with Crippen LogP contribution >= 0.6 is 0 Å². The summed E-state index contributed by atoms with van der Waals surface area (Å²) in [7, 11) is 0. The standard InChI is InChI=1S/C6H12N6O/c1-3(2-7)9-5(13)4-10-6(8)12-11-4/h3H,2,7H2,1H3,(H,9,13)(H3,8,10,11,12). The average molecular weight is 184 g/mol. The van der Waals surface area contributed by atoms with Gasteiger partial charge in [-0.3, -0.25) is 9.89 Å². The molecule has 7 heteroatoms. The van der Waals surface area contributed by atoms with Crippen LogP contribution in [-0.4, -0.2) is 33.7 Å². The molecule has 1 heterocycles. The van der Waals surface area contributed by atoms with E-state index in [1.54, 1.807) is 6.92 Å². The van der Waals surface area contributed by atoms with Gasteiger partial charge in [0.2, 0.25) is 11.8 Å². The van der Waals surface area contributed by atoms with Gasteiger partial charge in [-0.25, -0.2) is 0 Å². The van der Waals surface area contributed by atoms with Crippen LogP contribution < -0.4 is 16.8 Å². The number of aromatic nitrogens is 3. The third-order valence-corrected chi connectivity index (χ3v) is 1.45. The monoisotopic (exact) mass is 184 g/mol. The van der Waals surface area contributed by atoms with Crippen molar-refractivity contribution in [2.45, 2.75) is 13.0 Å². The van der Waals surface area contributed by atoms with Gasteiger partial charge in [-0.05, 0) is 6.92 Å². The predicted octanol–water partition coefficient (Wildman–Crippen LogP) is -1.54. The van der Waals surface area contributed by atoms with E-state index in [0.717, 1.165) is 0 Å². The van der Waals surface area contributed by atoms with Crippen LogP contribution in [0.1, 0.15) is 17.5 Å². The molecule has 1 unspecified atom stereocenters. The number of aromatic amines is 1. The summed E-state index contributed by atoms with van der Waals surface area (Å²) in [6.07, 6.45) is 0. The van der Waals surface area contributed by atoms with Gasteiger partial charge in [0, 0.05) is 12.6 Å². The SMILES string of the molecule is CC(CN)NC(=O)c1nc(N)n[nH]1. The molecule has 13 heavy (non-hydrogen) atoms. The van der Waals surface area contributed by atoms with Crippen LogP contribution in [0, 0.1) is 0 Å². The van der Waals surface area contributed by atoms with Crippen LogP contribution in [-0.2, 0) is 0 Å². The fraction of sp³-hybridized carbons (Fsp3) is 0.500. The van der Waals surface area contributed by atoms with Gasteiger partial charge in [-0.15, -0.1) is 5.10 Å². The van der Waals surface area contributed by atoms with Crippen molar-refractivity contribution >= 4 is 11.9 Å². The van der Waals surface area contributed by atoms with Crippen LogP contribution in [0.3, 0.4) is 0 Å². The van der Waals surface area contributed by atoms with Crippen molar-refractivity contribution in [3.8, 4) is 0 Å². The maximum Gasteiger partial charge on any atom is 0.288 e. The van der Waals surface area contributed by atoms with E-state index in [9.17, 15) is 4.79 Å². The highest BCUT2D eigenvalue weighted by molar-refractivity contribution is 5.90. The molecule has 0 spiro atoms. The maximum atomic E-state index is 11.3. The Morgan fingerprint density at radius 1 is 1.77 bits per heavy atom. The zero-order valence-corrected chi connectivity index (χ0v) is 7.24. The minimum Gasteiger partial charge on any atom is -0.366 e. The lowest BCUT2D eigenvalue weighted by Gasteiger charge is -2.08. The van der Waals surface area contributed by atoms with Crippen molar-refractivity contribution in [3.63, 3.8) is 0 Å². The van der Waals surface area contributed by atoms with E-state index in [2.05, 4.69) is 20.5 Å². The molecular weight excluding hydrogens is 172 g/mol. The highest BCUT2D eigenvalue weighted by atomic mass is 16.2. The van der Waals surface area contributed by atoms with Crippen molar-refractivity contribution < 1.29 is 4.79 Å². The van der Waals surface area contributed by atoms with E-state index >= 15 is 0 Å². The fourth-order valence-corrected chi connectivity index (χ4v) is 0.727. The van der Waals surface area contributed by atoms with E-state index in [1.807, 2.05) is 0 Å². The molecule has 1 aromatic rings. The third-order valence-electron chi connectivity index (χ3n) is 1.45. The largest absolute Gasteiger partial charge is 0.366 e. The summed E-state index contributed by atoms with van der Waals surface area (Å²) in [6, 6.07) is -0.0983. The molecule has 0 aromatic carbocycles. The Balaban J connectivity index is 2.58. The number of carbonyl (C=O) groups is 1. The number of carbonyl (C=O) groups excluding carboxylic acids is 1. The molecule has 1 rings (SSSR count). The summed E-state index contributed by atoms with van der Waals surface area (Å²) in [5.41, 5.74) is 10.5. The van der Waals surface area contributed by atoms with Gasteiger partial charge in [-0.2, -0.15) is 4.98 Å². The summed E-state index contributed by atoms with van der Waals surface area (Å²) in [5.74, 6) is -0.217. The number of nitrogen functional groups attached to an aromatic ring is 1. The predicted molar refractivity (Wildman–Crippen MR) is 46.8 cm³/mol. The Labute approximate surface area is 74.9 Å². The number of nitrogens with one attached hydrogen (secondary N) is 2. The van der Waals surface area contributed by atoms with Gasteiger partial charge in [-0.1, -0.05) is 0 Å². The van der Waals surface area contributed by atoms with Crippen LogP contribution in [0.5, 0.6) is 0 Å². The van der Waals surface area contributed by atoms with E-state index in [1.165, 1.54) is 0 Å². The number of rotatable bonds is 3. The molecule has 7 nitrogen and oxygen atoms in total. The van der Waals surface area contributed by atoms with Gasteiger partial charge in [0.15, 0.2) is 0 Å². The normalized spacial score (nSPS) is 12.5. The smallest absolute Gasteiger partial charge is 0.288 e. The van der Waals surface area contributed by atoms with E-state index < -0.39 is 0 Å². The highest BCUT2D eigenvalue weighted by Gasteiger charge is 2.12. The zero-order valence-electron chi connectivity index (χ0n) is 7.24. The second-order valence-electron chi connectivity index (χ2n) is 2.65. The van der Waals surface area contributed by atoms with Crippen molar-refractivity contribution in [1.82, 2.24) is 20.5 Å². The van der Waals surface area contributed by atoms with Gasteiger partial charge in [0.05, 0.1) is 0 Å². The molecule has 0 saturated heterocycles. The zero-order chi connectivity index (χ0) is 9.84. The maximum absolute atomic E-state index is 11.3. The molecule has 0 bridgehead atoms. The molecule has 1 atom stereocenters. The Morgan fingerprint density at radius 3 is 2.92 bits per heavy atom. The lowest BCUT2D eigenvalue weighted by molar-refractivity contribution is 0.0931. The van der Waals surface area contributed by atoms with Crippen LogP contribution in [0.25, 0.3) is 0 Å². The van der Waals surface area contributed by atoms with Gasteiger partial charge in [0.25, 0.3) is 5.91 Å². The number of amides is 1. The first-order chi connectivity index (χ1) is 6.13. The van der Waals surface area contributed by atoms with Crippen LogP contribution in [0.15, 0.2) is 0 Å². The number of nitrogens with two attached hydrogens (primary N) is 2. The number of nitrogens with zero attached hydrogens (tertiary/aromatic N) is 2. The van der Waals surface area contributed by atoms with Crippen molar-refractivity contribution in [1.29, 1.82) is 0 Å². The molecule has 1 amide bonds. The molecule has 72 valence electrons. The van der Waals surface area contributed by atoms with E-state index in [0.29, 0.717) is 6.54 Å². The summed E-state index contributed by atoms with van der Waals surface area (Å²) >= 11 is 0.